The predicted octanol–water partition coefficient (Wildman–Crippen LogP) is 5.69. The van der Waals surface area contributed by atoms with Crippen LogP contribution in [-0.2, 0) is 0 Å². The van der Waals surface area contributed by atoms with Gasteiger partial charge in [0.15, 0.2) is 0 Å². The lowest BCUT2D eigenvalue weighted by Gasteiger charge is -2.27. The van der Waals surface area contributed by atoms with Crippen molar-refractivity contribution in [3.8, 4) is 11.5 Å². The molecule has 0 aromatic heterocycles. The number of para-hydroxylation sites is 1. The number of nitrogens with zero attached hydrogens (tertiary/aromatic N) is 2. The number of fused-ring (bicyclic) bond motifs is 1. The molecule has 6 nitrogen and oxygen atoms in total. The van der Waals surface area contributed by atoms with E-state index in [1.165, 1.54) is 4.90 Å². The third kappa shape index (κ3) is 4.42. The molecule has 0 N–H and O–H groups in total. The number of rotatable bonds is 6. The summed E-state index contributed by atoms with van der Waals surface area (Å²) in [5, 5.41) is 0. The number of hydrogen-bond acceptors (Lipinski definition) is 4. The van der Waals surface area contributed by atoms with Crippen LogP contribution < -0.4 is 9.64 Å². The Balaban J connectivity index is 1.47. The van der Waals surface area contributed by atoms with Crippen LogP contribution in [0.2, 0.25) is 0 Å². The molecule has 4 aromatic carbocycles. The highest BCUT2D eigenvalue weighted by Crippen LogP contribution is 2.28. The van der Waals surface area contributed by atoms with Gasteiger partial charge in [-0.2, -0.15) is 0 Å². The van der Waals surface area contributed by atoms with Crippen LogP contribution in [0.5, 0.6) is 11.5 Å². The Bertz CT molecular complexity index is 1380. The number of imide groups is 1. The largest absolute Gasteiger partial charge is 0.457 e. The summed E-state index contributed by atoms with van der Waals surface area (Å²) in [6.45, 7) is 1.69. The van der Waals surface area contributed by atoms with E-state index in [0.717, 1.165) is 10.5 Å². The molecule has 0 spiro atoms. The van der Waals surface area contributed by atoms with Crippen molar-refractivity contribution in [1.29, 1.82) is 0 Å². The summed E-state index contributed by atoms with van der Waals surface area (Å²) in [7, 11) is 0. The van der Waals surface area contributed by atoms with Crippen molar-refractivity contribution >= 4 is 23.4 Å². The second-order valence-electron chi connectivity index (χ2n) is 8.24. The summed E-state index contributed by atoms with van der Waals surface area (Å²) in [4.78, 5) is 42.1. The predicted molar refractivity (Wildman–Crippen MR) is 133 cm³/mol. The monoisotopic (exact) mass is 462 g/mol. The number of anilines is 1. The third-order valence-corrected chi connectivity index (χ3v) is 5.80. The molecule has 0 radical (unpaired) electrons. The van der Waals surface area contributed by atoms with Gasteiger partial charge in [0.1, 0.15) is 18.2 Å². The Labute approximate surface area is 203 Å². The SMILES string of the molecule is Cc1cccc(C(=O)N(CN2C(=O)c3ccccc3C2=O)c2ccc(Oc3ccccc3)cc2)c1. The summed E-state index contributed by atoms with van der Waals surface area (Å²) in [5.41, 5.74) is 2.61. The average molecular weight is 463 g/mol. The van der Waals surface area contributed by atoms with E-state index in [0.29, 0.717) is 33.9 Å². The lowest BCUT2D eigenvalue weighted by Crippen LogP contribution is -2.44. The number of amides is 3. The van der Waals surface area contributed by atoms with Gasteiger partial charge in [-0.25, -0.2) is 0 Å². The van der Waals surface area contributed by atoms with Gasteiger partial charge in [-0.15, -0.1) is 0 Å². The van der Waals surface area contributed by atoms with Crippen LogP contribution in [0.3, 0.4) is 0 Å². The molecule has 0 saturated heterocycles. The molecular formula is C29H22N2O4. The van der Waals surface area contributed by atoms with E-state index in [2.05, 4.69) is 0 Å². The molecule has 0 aliphatic carbocycles. The average Bonchev–Trinajstić information content (AvgIpc) is 3.13. The third-order valence-electron chi connectivity index (χ3n) is 5.80. The van der Waals surface area contributed by atoms with Crippen LogP contribution in [0.15, 0.2) is 103 Å². The number of aryl methyl sites for hydroxylation is 1. The molecule has 35 heavy (non-hydrogen) atoms. The molecule has 0 atom stereocenters. The standard InChI is InChI=1S/C29H22N2O4/c1-20-8-7-9-21(18-20)27(32)30(19-31-28(33)25-12-5-6-13-26(25)29(31)34)22-14-16-24(17-15-22)35-23-10-3-2-4-11-23/h2-18H,19H2,1H3. The first-order valence-corrected chi connectivity index (χ1v) is 11.2. The zero-order chi connectivity index (χ0) is 24.4. The van der Waals surface area contributed by atoms with Crippen LogP contribution >= 0.6 is 0 Å². The van der Waals surface area contributed by atoms with Crippen LogP contribution in [0.1, 0.15) is 36.6 Å². The fourth-order valence-corrected chi connectivity index (χ4v) is 4.02. The first-order chi connectivity index (χ1) is 17.0. The maximum atomic E-state index is 13.6. The minimum Gasteiger partial charge on any atom is -0.457 e. The van der Waals surface area contributed by atoms with Gasteiger partial charge in [-0.05, 0) is 67.6 Å². The highest BCUT2D eigenvalue weighted by molar-refractivity contribution is 6.22. The van der Waals surface area contributed by atoms with Crippen molar-refractivity contribution in [2.45, 2.75) is 6.92 Å². The first kappa shape index (κ1) is 22.1. The number of benzene rings is 4. The quantitative estimate of drug-likeness (QED) is 0.346. The highest BCUT2D eigenvalue weighted by atomic mass is 16.5. The van der Waals surface area contributed by atoms with E-state index in [-0.39, 0.29) is 12.6 Å². The lowest BCUT2D eigenvalue weighted by molar-refractivity contribution is 0.0650. The molecule has 3 amide bonds. The molecule has 5 rings (SSSR count). The van der Waals surface area contributed by atoms with E-state index in [1.807, 2.05) is 43.3 Å². The van der Waals surface area contributed by atoms with E-state index in [1.54, 1.807) is 66.7 Å². The number of hydrogen-bond donors (Lipinski definition) is 0. The second-order valence-corrected chi connectivity index (χ2v) is 8.24. The van der Waals surface area contributed by atoms with Gasteiger partial charge in [0.05, 0.1) is 11.1 Å². The van der Waals surface area contributed by atoms with Crippen molar-refractivity contribution in [2.24, 2.45) is 0 Å². The Kier molecular flexibility index (Phi) is 5.85. The summed E-state index contributed by atoms with van der Waals surface area (Å²) in [6, 6.07) is 30.2. The number of ether oxygens (including phenoxy) is 1. The van der Waals surface area contributed by atoms with Crippen molar-refractivity contribution in [2.75, 3.05) is 11.6 Å². The molecule has 1 aliphatic heterocycles. The van der Waals surface area contributed by atoms with Crippen LogP contribution in [-0.4, -0.2) is 29.3 Å². The molecule has 0 bridgehead atoms. The van der Waals surface area contributed by atoms with Crippen LogP contribution in [0.4, 0.5) is 5.69 Å². The van der Waals surface area contributed by atoms with E-state index >= 15 is 0 Å². The summed E-state index contributed by atoms with van der Waals surface area (Å²) >= 11 is 0. The van der Waals surface area contributed by atoms with E-state index < -0.39 is 11.8 Å². The fraction of sp³-hybridized carbons (Fsp3) is 0.0690. The van der Waals surface area contributed by atoms with Crippen molar-refractivity contribution < 1.29 is 19.1 Å². The maximum absolute atomic E-state index is 13.6. The van der Waals surface area contributed by atoms with Crippen molar-refractivity contribution in [3.05, 3.63) is 125 Å². The normalized spacial score (nSPS) is 12.4. The van der Waals surface area contributed by atoms with Gasteiger partial charge >= 0.3 is 0 Å². The molecule has 1 aliphatic rings. The minimum atomic E-state index is -0.420. The molecule has 172 valence electrons. The number of carbonyl (C=O) groups is 3. The zero-order valence-electron chi connectivity index (χ0n) is 19.0. The minimum absolute atomic E-state index is 0.210. The zero-order valence-corrected chi connectivity index (χ0v) is 19.0. The van der Waals surface area contributed by atoms with Crippen molar-refractivity contribution in [1.82, 2.24) is 4.90 Å². The lowest BCUT2D eigenvalue weighted by atomic mass is 10.1. The van der Waals surface area contributed by atoms with Crippen LogP contribution in [0.25, 0.3) is 0 Å². The van der Waals surface area contributed by atoms with Gasteiger partial charge < -0.3 is 4.74 Å². The van der Waals surface area contributed by atoms with Crippen LogP contribution in [0, 0.1) is 6.92 Å². The van der Waals surface area contributed by atoms with Gasteiger partial charge in [0, 0.05) is 11.3 Å². The van der Waals surface area contributed by atoms with Gasteiger partial charge in [0.25, 0.3) is 17.7 Å². The molecule has 0 fully saturated rings. The molecule has 0 saturated carbocycles. The Hall–Kier alpha value is -4.71. The second kappa shape index (κ2) is 9.27. The van der Waals surface area contributed by atoms with E-state index in [9.17, 15) is 14.4 Å². The smallest absolute Gasteiger partial charge is 0.263 e. The van der Waals surface area contributed by atoms with E-state index in [4.69, 9.17) is 4.74 Å². The van der Waals surface area contributed by atoms with Crippen molar-refractivity contribution in [3.63, 3.8) is 0 Å². The molecule has 4 aromatic rings. The molecular weight excluding hydrogens is 440 g/mol. The summed E-state index contributed by atoms with van der Waals surface area (Å²) in [5.74, 6) is 0.137. The Morgan fingerprint density at radius 3 is 1.97 bits per heavy atom. The highest BCUT2D eigenvalue weighted by Gasteiger charge is 2.37. The molecule has 1 heterocycles. The Morgan fingerprint density at radius 1 is 0.743 bits per heavy atom. The molecule has 6 heteroatoms. The Morgan fingerprint density at radius 2 is 1.34 bits per heavy atom. The van der Waals surface area contributed by atoms with Gasteiger partial charge in [-0.1, -0.05) is 48.0 Å². The maximum Gasteiger partial charge on any atom is 0.263 e. The summed E-state index contributed by atoms with van der Waals surface area (Å²) < 4.78 is 5.86. The molecule has 0 unspecified atom stereocenters. The summed E-state index contributed by atoms with van der Waals surface area (Å²) in [6.07, 6.45) is 0. The fourth-order valence-electron chi connectivity index (χ4n) is 4.02. The first-order valence-electron chi connectivity index (χ1n) is 11.2. The number of carbonyl (C=O) groups excluding carboxylic acids is 3. The topological polar surface area (TPSA) is 66.9 Å². The van der Waals surface area contributed by atoms with Gasteiger partial charge in [0.2, 0.25) is 0 Å². The van der Waals surface area contributed by atoms with Gasteiger partial charge in [-0.3, -0.25) is 24.2 Å².